The predicted octanol–water partition coefficient (Wildman–Crippen LogP) is 4.13. The first-order valence-corrected chi connectivity index (χ1v) is 14.0. The van der Waals surface area contributed by atoms with Crippen LogP contribution in [-0.2, 0) is 14.8 Å². The molecule has 8 nitrogen and oxygen atoms in total. The van der Waals surface area contributed by atoms with Gasteiger partial charge in [0.25, 0.3) is 10.0 Å². The zero-order chi connectivity index (χ0) is 25.8. The molecule has 2 aliphatic rings. The van der Waals surface area contributed by atoms with Gasteiger partial charge in [0.05, 0.1) is 16.6 Å². The van der Waals surface area contributed by atoms with Crippen molar-refractivity contribution < 1.29 is 22.7 Å². The molecule has 5 rings (SSSR count). The Morgan fingerprint density at radius 2 is 1.62 bits per heavy atom. The highest BCUT2D eigenvalue weighted by molar-refractivity contribution is 7.92. The highest BCUT2D eigenvalue weighted by atomic mass is 32.2. The molecule has 0 aromatic heterocycles. The van der Waals surface area contributed by atoms with Gasteiger partial charge in [-0.2, -0.15) is 0 Å². The van der Waals surface area contributed by atoms with Crippen LogP contribution in [-0.4, -0.2) is 47.2 Å². The zero-order valence-corrected chi connectivity index (χ0v) is 21.6. The maximum absolute atomic E-state index is 13.6. The van der Waals surface area contributed by atoms with Gasteiger partial charge in [0.15, 0.2) is 11.5 Å². The highest BCUT2D eigenvalue weighted by Gasteiger charge is 2.29. The number of nitrogens with one attached hydrogen (secondary N) is 1. The van der Waals surface area contributed by atoms with Crippen molar-refractivity contribution in [3.05, 3.63) is 78.4 Å². The normalized spacial score (nSPS) is 15.8. The summed E-state index contributed by atoms with van der Waals surface area (Å²) in [6.45, 7) is 4.44. The molecule has 2 heterocycles. The van der Waals surface area contributed by atoms with Crippen LogP contribution in [0, 0.1) is 0 Å². The number of amides is 1. The second kappa shape index (κ2) is 10.7. The number of hydrogen-bond acceptors (Lipinski definition) is 6. The van der Waals surface area contributed by atoms with Crippen molar-refractivity contribution in [2.75, 3.05) is 42.1 Å². The van der Waals surface area contributed by atoms with Gasteiger partial charge in [0, 0.05) is 24.8 Å². The summed E-state index contributed by atoms with van der Waals surface area (Å²) in [5.74, 6) is 0.580. The average molecular weight is 522 g/mol. The molecule has 2 aliphatic heterocycles. The first-order valence-electron chi connectivity index (χ1n) is 12.5. The van der Waals surface area contributed by atoms with Gasteiger partial charge in [-0.25, -0.2) is 8.42 Å². The van der Waals surface area contributed by atoms with Gasteiger partial charge >= 0.3 is 0 Å². The lowest BCUT2D eigenvalue weighted by molar-refractivity contribution is -0.120. The van der Waals surface area contributed by atoms with Gasteiger partial charge in [-0.3, -0.25) is 9.10 Å². The van der Waals surface area contributed by atoms with E-state index >= 15 is 0 Å². The lowest BCUT2D eigenvalue weighted by Gasteiger charge is -2.27. The summed E-state index contributed by atoms with van der Waals surface area (Å²) in [5.41, 5.74) is 2.46. The number of nitrogens with zero attached hydrogens (tertiary/aromatic N) is 2. The van der Waals surface area contributed by atoms with Crippen LogP contribution in [0.2, 0.25) is 0 Å². The molecular weight excluding hydrogens is 490 g/mol. The Hall–Kier alpha value is -3.72. The summed E-state index contributed by atoms with van der Waals surface area (Å²) in [6, 6.07) is 20.9. The SMILES string of the molecule is CC(NC(=O)CN(c1ccc2c(c1)OCCO2)S(=O)(=O)c1ccccc1)c1ccc(N2CCCC2)cc1. The van der Waals surface area contributed by atoms with Gasteiger partial charge in [-0.1, -0.05) is 30.3 Å². The molecule has 1 unspecified atom stereocenters. The van der Waals surface area contributed by atoms with Crippen molar-refractivity contribution in [1.82, 2.24) is 5.32 Å². The Kier molecular flexibility index (Phi) is 7.23. The van der Waals surface area contributed by atoms with Gasteiger partial charge < -0.3 is 19.7 Å². The number of anilines is 2. The van der Waals surface area contributed by atoms with Crippen molar-refractivity contribution in [2.24, 2.45) is 0 Å². The van der Waals surface area contributed by atoms with Gasteiger partial charge in [0.2, 0.25) is 5.91 Å². The molecule has 0 radical (unpaired) electrons. The fraction of sp³-hybridized carbons (Fsp3) is 0.321. The molecular formula is C28H31N3O5S. The van der Waals surface area contributed by atoms with E-state index in [0.717, 1.165) is 23.0 Å². The van der Waals surface area contributed by atoms with E-state index in [2.05, 4.69) is 22.3 Å². The van der Waals surface area contributed by atoms with Crippen LogP contribution in [0.4, 0.5) is 11.4 Å². The van der Waals surface area contributed by atoms with E-state index < -0.39 is 15.9 Å². The van der Waals surface area contributed by atoms with E-state index in [1.54, 1.807) is 36.4 Å². The minimum absolute atomic E-state index is 0.100. The largest absolute Gasteiger partial charge is 0.486 e. The first-order chi connectivity index (χ1) is 17.9. The van der Waals surface area contributed by atoms with E-state index in [0.29, 0.717) is 30.4 Å². The number of benzene rings is 3. The molecule has 9 heteroatoms. The molecule has 3 aromatic rings. The van der Waals surface area contributed by atoms with Crippen molar-refractivity contribution in [3.8, 4) is 11.5 Å². The summed E-state index contributed by atoms with van der Waals surface area (Å²) in [7, 11) is -4.02. The van der Waals surface area contributed by atoms with Crippen molar-refractivity contribution in [1.29, 1.82) is 0 Å². The molecule has 1 atom stereocenters. The van der Waals surface area contributed by atoms with E-state index in [4.69, 9.17) is 9.47 Å². The van der Waals surface area contributed by atoms with E-state index in [1.807, 2.05) is 19.1 Å². The van der Waals surface area contributed by atoms with Crippen LogP contribution >= 0.6 is 0 Å². The van der Waals surface area contributed by atoms with Crippen molar-refractivity contribution in [2.45, 2.75) is 30.7 Å². The fourth-order valence-corrected chi connectivity index (χ4v) is 6.11. The molecule has 1 N–H and O–H groups in total. The van der Waals surface area contributed by atoms with Crippen LogP contribution in [0.5, 0.6) is 11.5 Å². The average Bonchev–Trinajstić information content (AvgIpc) is 3.47. The maximum Gasteiger partial charge on any atom is 0.264 e. The number of sulfonamides is 1. The summed E-state index contributed by atoms with van der Waals surface area (Å²) >= 11 is 0. The molecule has 194 valence electrons. The minimum Gasteiger partial charge on any atom is -0.486 e. The number of fused-ring (bicyclic) bond motifs is 1. The molecule has 0 aliphatic carbocycles. The molecule has 0 saturated carbocycles. The smallest absolute Gasteiger partial charge is 0.264 e. The molecule has 1 amide bonds. The zero-order valence-electron chi connectivity index (χ0n) is 20.8. The number of hydrogen-bond donors (Lipinski definition) is 1. The molecule has 37 heavy (non-hydrogen) atoms. The van der Waals surface area contributed by atoms with Crippen molar-refractivity contribution >= 4 is 27.3 Å². The van der Waals surface area contributed by atoms with E-state index in [-0.39, 0.29) is 17.5 Å². The Bertz CT molecular complexity index is 1340. The molecule has 0 spiro atoms. The quantitative estimate of drug-likeness (QED) is 0.480. The number of carbonyl (C=O) groups excluding carboxylic acids is 1. The molecule has 0 bridgehead atoms. The topological polar surface area (TPSA) is 88.2 Å². The van der Waals surface area contributed by atoms with E-state index in [9.17, 15) is 13.2 Å². The standard InChI is InChI=1S/C28H31N3O5S/c1-21(22-9-11-23(12-10-22)30-15-5-6-16-30)29-28(32)20-31(37(33,34)25-7-3-2-4-8-25)24-13-14-26-27(19-24)36-18-17-35-26/h2-4,7-14,19,21H,5-6,15-18,20H2,1H3,(H,29,32). The highest BCUT2D eigenvalue weighted by Crippen LogP contribution is 2.35. The second-order valence-electron chi connectivity index (χ2n) is 9.23. The van der Waals surface area contributed by atoms with Crippen LogP contribution in [0.3, 0.4) is 0 Å². The summed E-state index contributed by atoms with van der Waals surface area (Å²) in [4.78, 5) is 15.6. The van der Waals surface area contributed by atoms with Gasteiger partial charge in [0.1, 0.15) is 19.8 Å². The van der Waals surface area contributed by atoms with Gasteiger partial charge in [-0.05, 0) is 61.7 Å². The third-order valence-corrected chi connectivity index (χ3v) is 8.46. The van der Waals surface area contributed by atoms with Crippen LogP contribution < -0.4 is 24.0 Å². The Morgan fingerprint density at radius 1 is 0.946 bits per heavy atom. The molecule has 3 aromatic carbocycles. The van der Waals surface area contributed by atoms with Crippen LogP contribution in [0.15, 0.2) is 77.7 Å². The fourth-order valence-electron chi connectivity index (χ4n) is 4.67. The predicted molar refractivity (Wildman–Crippen MR) is 143 cm³/mol. The van der Waals surface area contributed by atoms with Crippen molar-refractivity contribution in [3.63, 3.8) is 0 Å². The first kappa shape index (κ1) is 25.0. The summed E-state index contributed by atoms with van der Waals surface area (Å²) in [6.07, 6.45) is 2.42. The summed E-state index contributed by atoms with van der Waals surface area (Å²) < 4.78 is 39.6. The van der Waals surface area contributed by atoms with E-state index in [1.165, 1.54) is 30.7 Å². The maximum atomic E-state index is 13.6. The summed E-state index contributed by atoms with van der Waals surface area (Å²) in [5, 5.41) is 2.96. The molecule has 1 fully saturated rings. The Labute approximate surface area is 217 Å². The number of rotatable bonds is 8. The lowest BCUT2D eigenvalue weighted by Crippen LogP contribution is -2.41. The third-order valence-electron chi connectivity index (χ3n) is 6.67. The third kappa shape index (κ3) is 5.51. The lowest BCUT2D eigenvalue weighted by atomic mass is 10.1. The van der Waals surface area contributed by atoms with Crippen LogP contribution in [0.1, 0.15) is 31.4 Å². The molecule has 1 saturated heterocycles. The second-order valence-corrected chi connectivity index (χ2v) is 11.1. The number of carbonyl (C=O) groups is 1. The van der Waals surface area contributed by atoms with Gasteiger partial charge in [-0.15, -0.1) is 0 Å². The Balaban J connectivity index is 1.36. The number of ether oxygens (including phenoxy) is 2. The minimum atomic E-state index is -4.02. The van der Waals surface area contributed by atoms with Crippen LogP contribution in [0.25, 0.3) is 0 Å². The monoisotopic (exact) mass is 521 g/mol. The Morgan fingerprint density at radius 3 is 2.32 bits per heavy atom.